The van der Waals surface area contributed by atoms with Crippen LogP contribution < -0.4 is 10.6 Å². The number of hydrogen-bond donors (Lipinski definition) is 3. The molecule has 0 radical (unpaired) electrons. The minimum absolute atomic E-state index is 0.134. The summed E-state index contributed by atoms with van der Waals surface area (Å²) in [6, 6.07) is 7.33. The van der Waals surface area contributed by atoms with Crippen molar-refractivity contribution in [1.82, 2.24) is 10.6 Å². The van der Waals surface area contributed by atoms with Crippen LogP contribution in [0.15, 0.2) is 30.3 Å². The zero-order valence-corrected chi connectivity index (χ0v) is 19.2. The van der Waals surface area contributed by atoms with Gasteiger partial charge in [0, 0.05) is 25.6 Å². The molecule has 0 saturated carbocycles. The molecular weight excluding hydrogens is 410 g/mol. The number of rotatable bonds is 9. The Bertz CT molecular complexity index is 927. The van der Waals surface area contributed by atoms with Crippen LogP contribution in [0.4, 0.5) is 8.78 Å². The lowest BCUT2D eigenvalue weighted by Gasteiger charge is -2.31. The number of carbonyl (C=O) groups is 1. The van der Waals surface area contributed by atoms with Crippen LogP contribution in [0.1, 0.15) is 67.5 Å². The fraction of sp³-hybridized carbons (Fsp3) is 0.500. The molecule has 1 amide bonds. The molecule has 3 unspecified atom stereocenters. The number of benzene rings is 2. The van der Waals surface area contributed by atoms with E-state index >= 15 is 0 Å². The monoisotopic (exact) mass is 444 g/mol. The number of fused-ring (bicyclic) bond motifs is 1. The first kappa shape index (κ1) is 24.3. The van der Waals surface area contributed by atoms with Gasteiger partial charge in [-0.05, 0) is 78.5 Å². The maximum absolute atomic E-state index is 13.6. The maximum Gasteiger partial charge on any atom is 0.217 e. The number of halogens is 2. The molecule has 1 aliphatic rings. The van der Waals surface area contributed by atoms with Gasteiger partial charge in [0.05, 0.1) is 12.1 Å². The van der Waals surface area contributed by atoms with E-state index in [0.717, 1.165) is 38.2 Å². The van der Waals surface area contributed by atoms with Crippen molar-refractivity contribution in [3.8, 4) is 0 Å². The molecule has 1 aliphatic carbocycles. The molecule has 0 fully saturated rings. The predicted octanol–water partition coefficient (Wildman–Crippen LogP) is 4.16. The van der Waals surface area contributed by atoms with Crippen molar-refractivity contribution >= 4 is 5.91 Å². The molecule has 0 heterocycles. The highest BCUT2D eigenvalue weighted by Crippen LogP contribution is 2.33. The van der Waals surface area contributed by atoms with Crippen LogP contribution in [-0.2, 0) is 30.5 Å². The third-order valence-corrected chi connectivity index (χ3v) is 6.33. The lowest BCUT2D eigenvalue weighted by atomic mass is 9.82. The van der Waals surface area contributed by atoms with Crippen molar-refractivity contribution in [1.29, 1.82) is 0 Å². The maximum atomic E-state index is 13.6. The van der Waals surface area contributed by atoms with Crippen molar-refractivity contribution in [3.05, 3.63) is 69.8 Å². The van der Waals surface area contributed by atoms with Crippen molar-refractivity contribution < 1.29 is 18.7 Å². The van der Waals surface area contributed by atoms with Gasteiger partial charge < -0.3 is 15.7 Å². The van der Waals surface area contributed by atoms with Gasteiger partial charge in [0.25, 0.3) is 0 Å². The standard InChI is InChI=1S/C26H34F2N2O2/c1-4-17-9-19(5-2)22-7-6-8-24(23(22)12-17)29-15-26(32)25(30-16(3)31)13-18-10-20(27)14-21(28)11-18/h9-12,14,24-26,29,32H,4-8,13,15H2,1-3H3,(H,30,31). The number of amides is 1. The molecule has 6 heteroatoms. The van der Waals surface area contributed by atoms with Crippen molar-refractivity contribution in [2.45, 2.75) is 77.5 Å². The van der Waals surface area contributed by atoms with Crippen molar-refractivity contribution in [2.75, 3.05) is 6.54 Å². The van der Waals surface area contributed by atoms with Crippen LogP contribution in [-0.4, -0.2) is 29.7 Å². The van der Waals surface area contributed by atoms with E-state index in [4.69, 9.17) is 0 Å². The van der Waals surface area contributed by atoms with E-state index in [-0.39, 0.29) is 24.9 Å². The van der Waals surface area contributed by atoms with E-state index in [1.165, 1.54) is 41.3 Å². The fourth-order valence-corrected chi connectivity index (χ4v) is 4.74. The average Bonchev–Trinajstić information content (AvgIpc) is 2.75. The number of aliphatic hydroxyl groups excluding tert-OH is 1. The number of aliphatic hydroxyl groups is 1. The molecule has 32 heavy (non-hydrogen) atoms. The molecule has 0 spiro atoms. The van der Waals surface area contributed by atoms with E-state index in [9.17, 15) is 18.7 Å². The van der Waals surface area contributed by atoms with E-state index in [2.05, 4.69) is 36.6 Å². The third-order valence-electron chi connectivity index (χ3n) is 6.33. The second-order valence-corrected chi connectivity index (χ2v) is 8.74. The minimum atomic E-state index is -0.907. The van der Waals surface area contributed by atoms with Gasteiger partial charge in [-0.3, -0.25) is 4.79 Å². The highest BCUT2D eigenvalue weighted by molar-refractivity contribution is 5.73. The van der Waals surface area contributed by atoms with Gasteiger partial charge in [-0.2, -0.15) is 0 Å². The Labute approximate surface area is 189 Å². The Hall–Kier alpha value is -2.31. The Morgan fingerprint density at radius 2 is 1.81 bits per heavy atom. The van der Waals surface area contributed by atoms with Crippen LogP contribution in [0.5, 0.6) is 0 Å². The van der Waals surface area contributed by atoms with E-state index in [1.807, 2.05) is 0 Å². The van der Waals surface area contributed by atoms with Crippen LogP contribution in [0.3, 0.4) is 0 Å². The predicted molar refractivity (Wildman–Crippen MR) is 123 cm³/mol. The Morgan fingerprint density at radius 3 is 2.44 bits per heavy atom. The van der Waals surface area contributed by atoms with Gasteiger partial charge in [-0.15, -0.1) is 0 Å². The molecule has 174 valence electrons. The molecule has 3 rings (SSSR count). The fourth-order valence-electron chi connectivity index (χ4n) is 4.74. The third kappa shape index (κ3) is 6.14. The van der Waals surface area contributed by atoms with Gasteiger partial charge in [0.1, 0.15) is 11.6 Å². The van der Waals surface area contributed by atoms with E-state index in [1.54, 1.807) is 0 Å². The first-order valence-electron chi connectivity index (χ1n) is 11.6. The summed E-state index contributed by atoms with van der Waals surface area (Å²) in [5.74, 6) is -1.65. The topological polar surface area (TPSA) is 61.4 Å². The molecule has 0 aromatic heterocycles. The van der Waals surface area contributed by atoms with E-state index in [0.29, 0.717) is 5.56 Å². The molecule has 2 aromatic carbocycles. The summed E-state index contributed by atoms with van der Waals surface area (Å²) < 4.78 is 27.2. The second-order valence-electron chi connectivity index (χ2n) is 8.74. The summed E-state index contributed by atoms with van der Waals surface area (Å²) in [5, 5.41) is 17.1. The Morgan fingerprint density at radius 1 is 1.09 bits per heavy atom. The first-order chi connectivity index (χ1) is 15.3. The zero-order valence-electron chi connectivity index (χ0n) is 19.2. The van der Waals surface area contributed by atoms with Crippen LogP contribution in [0.2, 0.25) is 0 Å². The average molecular weight is 445 g/mol. The number of carbonyl (C=O) groups excluding carboxylic acids is 1. The van der Waals surface area contributed by atoms with Gasteiger partial charge >= 0.3 is 0 Å². The summed E-state index contributed by atoms with van der Waals surface area (Å²) in [7, 11) is 0. The number of hydrogen-bond acceptors (Lipinski definition) is 3. The van der Waals surface area contributed by atoms with Crippen LogP contribution in [0, 0.1) is 11.6 Å². The van der Waals surface area contributed by atoms with Gasteiger partial charge in [0.2, 0.25) is 5.91 Å². The molecule has 3 N–H and O–H groups in total. The molecular formula is C26H34F2N2O2. The lowest BCUT2D eigenvalue weighted by molar-refractivity contribution is -0.120. The highest BCUT2D eigenvalue weighted by Gasteiger charge is 2.26. The molecule has 4 nitrogen and oxygen atoms in total. The Kier molecular flexibility index (Phi) is 8.38. The quantitative estimate of drug-likeness (QED) is 0.544. The molecule has 3 atom stereocenters. The molecule has 2 aromatic rings. The highest BCUT2D eigenvalue weighted by atomic mass is 19.1. The number of aryl methyl sites for hydroxylation is 2. The van der Waals surface area contributed by atoms with Crippen LogP contribution in [0.25, 0.3) is 0 Å². The summed E-state index contributed by atoms with van der Waals surface area (Å²) in [6.07, 6.45) is 4.34. The summed E-state index contributed by atoms with van der Waals surface area (Å²) >= 11 is 0. The van der Waals surface area contributed by atoms with Gasteiger partial charge in [-0.25, -0.2) is 8.78 Å². The van der Waals surface area contributed by atoms with Crippen LogP contribution >= 0.6 is 0 Å². The first-order valence-corrected chi connectivity index (χ1v) is 11.6. The number of nitrogens with one attached hydrogen (secondary N) is 2. The Balaban J connectivity index is 1.74. The van der Waals surface area contributed by atoms with Crippen molar-refractivity contribution in [3.63, 3.8) is 0 Å². The van der Waals surface area contributed by atoms with Crippen molar-refractivity contribution in [2.24, 2.45) is 0 Å². The zero-order chi connectivity index (χ0) is 23.3. The van der Waals surface area contributed by atoms with Gasteiger partial charge in [0.15, 0.2) is 0 Å². The smallest absolute Gasteiger partial charge is 0.217 e. The lowest BCUT2D eigenvalue weighted by Crippen LogP contribution is -2.48. The van der Waals surface area contributed by atoms with E-state index < -0.39 is 23.8 Å². The summed E-state index contributed by atoms with van der Waals surface area (Å²) in [4.78, 5) is 11.7. The summed E-state index contributed by atoms with van der Waals surface area (Å²) in [5.41, 5.74) is 5.83. The summed E-state index contributed by atoms with van der Waals surface area (Å²) in [6.45, 7) is 5.98. The largest absolute Gasteiger partial charge is 0.390 e. The molecule has 0 saturated heterocycles. The molecule has 0 aliphatic heterocycles. The molecule has 0 bridgehead atoms. The SMILES string of the molecule is CCc1cc(CC)c2c(c1)C(NCC(O)C(Cc1cc(F)cc(F)c1)NC(C)=O)CCC2. The second kappa shape index (κ2) is 11.0. The normalized spacial score (nSPS) is 17.5. The van der Waals surface area contributed by atoms with Gasteiger partial charge in [-0.1, -0.05) is 26.0 Å². The minimum Gasteiger partial charge on any atom is -0.390 e.